The lowest BCUT2D eigenvalue weighted by Crippen LogP contribution is -2.17. The number of aromatic nitrogens is 4. The number of rotatable bonds is 3. The lowest BCUT2D eigenvalue weighted by atomic mass is 10.1. The summed E-state index contributed by atoms with van der Waals surface area (Å²) in [5, 5.41) is 6.72. The summed E-state index contributed by atoms with van der Waals surface area (Å²) in [6, 6.07) is 8.96. The Kier molecular flexibility index (Phi) is 3.85. The maximum atomic E-state index is 13.5. The van der Waals surface area contributed by atoms with Crippen LogP contribution in [-0.2, 0) is 0 Å². The molecular weight excluding hydrogens is 340 g/mol. The summed E-state index contributed by atoms with van der Waals surface area (Å²) in [6.45, 7) is 0. The van der Waals surface area contributed by atoms with Crippen molar-refractivity contribution in [2.75, 3.05) is 5.32 Å². The quantitative estimate of drug-likeness (QED) is 0.615. The second-order valence-electron chi connectivity index (χ2n) is 5.50. The molecule has 4 aromatic rings. The van der Waals surface area contributed by atoms with Crippen LogP contribution in [0.25, 0.3) is 16.6 Å². The predicted octanol–water partition coefficient (Wildman–Crippen LogP) is 3.32. The Labute approximate surface area is 146 Å². The standard InChI is InChI=1S/C18H11F2N5O/c19-13-1-2-17(22-10-13)24-18(26)16-7-11(6-15-3-4-23-25(15)16)12-5-14(20)9-21-8-12/h1-10H,(H,22,24,26). The van der Waals surface area contributed by atoms with Crippen molar-refractivity contribution >= 4 is 17.2 Å². The molecule has 0 saturated heterocycles. The summed E-state index contributed by atoms with van der Waals surface area (Å²) >= 11 is 0. The molecule has 0 bridgehead atoms. The number of amides is 1. The average molecular weight is 351 g/mol. The van der Waals surface area contributed by atoms with E-state index in [0.29, 0.717) is 16.6 Å². The fraction of sp³-hybridized carbons (Fsp3) is 0. The first kappa shape index (κ1) is 15.8. The third kappa shape index (κ3) is 3.00. The van der Waals surface area contributed by atoms with Gasteiger partial charge in [0.1, 0.15) is 23.1 Å². The Morgan fingerprint density at radius 2 is 1.85 bits per heavy atom. The second kappa shape index (κ2) is 6.32. The number of nitrogens with one attached hydrogen (secondary N) is 1. The summed E-state index contributed by atoms with van der Waals surface area (Å²) in [5.41, 5.74) is 2.02. The van der Waals surface area contributed by atoms with Gasteiger partial charge in [0.15, 0.2) is 0 Å². The first-order chi connectivity index (χ1) is 12.6. The van der Waals surface area contributed by atoms with Gasteiger partial charge in [0.25, 0.3) is 5.91 Å². The Morgan fingerprint density at radius 3 is 2.62 bits per heavy atom. The van der Waals surface area contributed by atoms with Crippen LogP contribution in [0.5, 0.6) is 0 Å². The van der Waals surface area contributed by atoms with Gasteiger partial charge < -0.3 is 5.32 Å². The number of halogens is 2. The van der Waals surface area contributed by atoms with E-state index in [1.54, 1.807) is 24.4 Å². The van der Waals surface area contributed by atoms with Gasteiger partial charge in [-0.2, -0.15) is 5.10 Å². The van der Waals surface area contributed by atoms with Crippen molar-refractivity contribution in [2.45, 2.75) is 0 Å². The molecule has 26 heavy (non-hydrogen) atoms. The van der Waals surface area contributed by atoms with Gasteiger partial charge in [0.05, 0.1) is 24.1 Å². The SMILES string of the molecule is O=C(Nc1ccc(F)cn1)c1cc(-c2cncc(F)c2)cc2ccnn12. The molecule has 0 atom stereocenters. The Morgan fingerprint density at radius 1 is 0.962 bits per heavy atom. The van der Waals surface area contributed by atoms with E-state index in [-0.39, 0.29) is 11.5 Å². The smallest absolute Gasteiger partial charge is 0.275 e. The van der Waals surface area contributed by atoms with Gasteiger partial charge in [0, 0.05) is 11.8 Å². The van der Waals surface area contributed by atoms with E-state index >= 15 is 0 Å². The van der Waals surface area contributed by atoms with Gasteiger partial charge in [-0.1, -0.05) is 0 Å². The Bertz CT molecular complexity index is 1110. The predicted molar refractivity (Wildman–Crippen MR) is 90.5 cm³/mol. The number of carbonyl (C=O) groups is 1. The van der Waals surface area contributed by atoms with E-state index < -0.39 is 17.5 Å². The van der Waals surface area contributed by atoms with Crippen LogP contribution in [0.3, 0.4) is 0 Å². The van der Waals surface area contributed by atoms with E-state index in [1.807, 2.05) is 0 Å². The zero-order chi connectivity index (χ0) is 18.1. The van der Waals surface area contributed by atoms with Gasteiger partial charge in [-0.05, 0) is 42.0 Å². The van der Waals surface area contributed by atoms with Crippen LogP contribution in [0.15, 0.2) is 61.2 Å². The average Bonchev–Trinajstić information content (AvgIpc) is 3.11. The van der Waals surface area contributed by atoms with Crippen molar-refractivity contribution in [1.29, 1.82) is 0 Å². The minimum Gasteiger partial charge on any atom is -0.305 e. The highest BCUT2D eigenvalue weighted by atomic mass is 19.1. The number of carbonyl (C=O) groups excluding carboxylic acids is 1. The van der Waals surface area contributed by atoms with Gasteiger partial charge in [0.2, 0.25) is 0 Å². The molecule has 0 aliphatic rings. The second-order valence-corrected chi connectivity index (χ2v) is 5.50. The van der Waals surface area contributed by atoms with E-state index in [9.17, 15) is 13.6 Å². The number of hydrogen-bond donors (Lipinski definition) is 1. The van der Waals surface area contributed by atoms with Crippen molar-refractivity contribution in [2.24, 2.45) is 0 Å². The summed E-state index contributed by atoms with van der Waals surface area (Å²) in [7, 11) is 0. The van der Waals surface area contributed by atoms with Crippen molar-refractivity contribution in [3.8, 4) is 11.1 Å². The molecule has 0 spiro atoms. The van der Waals surface area contributed by atoms with Crippen LogP contribution in [0.2, 0.25) is 0 Å². The molecule has 0 aliphatic heterocycles. The highest BCUT2D eigenvalue weighted by Crippen LogP contribution is 2.23. The van der Waals surface area contributed by atoms with E-state index in [0.717, 1.165) is 12.4 Å². The largest absolute Gasteiger partial charge is 0.305 e. The molecule has 4 aromatic heterocycles. The van der Waals surface area contributed by atoms with Gasteiger partial charge in [-0.25, -0.2) is 18.3 Å². The number of nitrogens with zero attached hydrogens (tertiary/aromatic N) is 4. The van der Waals surface area contributed by atoms with Crippen LogP contribution in [0, 0.1) is 11.6 Å². The lowest BCUT2D eigenvalue weighted by Gasteiger charge is -2.09. The van der Waals surface area contributed by atoms with Gasteiger partial charge >= 0.3 is 0 Å². The molecule has 0 aromatic carbocycles. The third-order valence-corrected chi connectivity index (χ3v) is 3.74. The normalized spacial score (nSPS) is 10.8. The third-order valence-electron chi connectivity index (χ3n) is 3.74. The van der Waals surface area contributed by atoms with Crippen molar-refractivity contribution in [3.05, 3.63) is 78.5 Å². The Balaban J connectivity index is 1.77. The van der Waals surface area contributed by atoms with Crippen molar-refractivity contribution in [1.82, 2.24) is 19.6 Å². The van der Waals surface area contributed by atoms with Crippen molar-refractivity contribution < 1.29 is 13.6 Å². The van der Waals surface area contributed by atoms with Crippen LogP contribution in [-0.4, -0.2) is 25.5 Å². The summed E-state index contributed by atoms with van der Waals surface area (Å²) in [6.07, 6.45) is 5.17. The van der Waals surface area contributed by atoms with E-state index in [4.69, 9.17) is 0 Å². The highest BCUT2D eigenvalue weighted by Gasteiger charge is 2.15. The monoisotopic (exact) mass is 351 g/mol. The first-order valence-corrected chi connectivity index (χ1v) is 7.62. The van der Waals surface area contributed by atoms with Gasteiger partial charge in [-0.3, -0.25) is 9.78 Å². The molecule has 6 nitrogen and oxygen atoms in total. The fourth-order valence-electron chi connectivity index (χ4n) is 2.56. The minimum absolute atomic E-state index is 0.203. The summed E-state index contributed by atoms with van der Waals surface area (Å²) < 4.78 is 27.9. The number of pyridine rings is 3. The number of hydrogen-bond acceptors (Lipinski definition) is 4. The first-order valence-electron chi connectivity index (χ1n) is 7.62. The molecule has 1 N–H and O–H groups in total. The number of anilines is 1. The summed E-state index contributed by atoms with van der Waals surface area (Å²) in [5.74, 6) is -1.26. The zero-order valence-corrected chi connectivity index (χ0v) is 13.2. The molecule has 4 heterocycles. The van der Waals surface area contributed by atoms with E-state index in [1.165, 1.54) is 28.9 Å². The highest BCUT2D eigenvalue weighted by molar-refractivity contribution is 6.03. The molecule has 0 radical (unpaired) electrons. The molecule has 0 aliphatic carbocycles. The maximum Gasteiger partial charge on any atom is 0.275 e. The lowest BCUT2D eigenvalue weighted by molar-refractivity contribution is 0.101. The minimum atomic E-state index is -0.502. The maximum absolute atomic E-state index is 13.5. The molecule has 128 valence electrons. The molecule has 0 saturated carbocycles. The number of fused-ring (bicyclic) bond motifs is 1. The zero-order valence-electron chi connectivity index (χ0n) is 13.2. The topological polar surface area (TPSA) is 72.2 Å². The molecule has 1 amide bonds. The van der Waals surface area contributed by atoms with E-state index in [2.05, 4.69) is 20.4 Å². The van der Waals surface area contributed by atoms with Crippen molar-refractivity contribution in [3.63, 3.8) is 0 Å². The van der Waals surface area contributed by atoms with Crippen LogP contribution in [0.4, 0.5) is 14.6 Å². The molecule has 4 rings (SSSR count). The summed E-state index contributed by atoms with van der Waals surface area (Å²) in [4.78, 5) is 20.3. The van der Waals surface area contributed by atoms with Crippen LogP contribution in [0.1, 0.15) is 10.5 Å². The van der Waals surface area contributed by atoms with Crippen LogP contribution >= 0.6 is 0 Å². The van der Waals surface area contributed by atoms with Crippen LogP contribution < -0.4 is 5.32 Å². The van der Waals surface area contributed by atoms with Gasteiger partial charge in [-0.15, -0.1) is 0 Å². The molecule has 8 heteroatoms. The fourth-order valence-corrected chi connectivity index (χ4v) is 2.56. The molecule has 0 fully saturated rings. The molecule has 0 unspecified atom stereocenters. The Hall–Kier alpha value is -3.68. The molecular formula is C18H11F2N5O.